The maximum atomic E-state index is 12.0. The number of hydrogen-bond acceptors (Lipinski definition) is 6. The maximum absolute atomic E-state index is 12.0. The molecule has 0 saturated carbocycles. The Bertz CT molecular complexity index is 584. The Labute approximate surface area is 128 Å². The highest BCUT2D eigenvalue weighted by molar-refractivity contribution is 8.13. The van der Waals surface area contributed by atoms with Crippen LogP contribution >= 0.6 is 10.7 Å². The average Bonchev–Trinajstić information content (AvgIpc) is 2.43. The summed E-state index contributed by atoms with van der Waals surface area (Å²) in [6.07, 6.45) is 0.541. The quantitative estimate of drug-likeness (QED) is 0.411. The highest BCUT2D eigenvalue weighted by Crippen LogP contribution is 2.25. The van der Waals surface area contributed by atoms with Gasteiger partial charge in [-0.1, -0.05) is 0 Å². The van der Waals surface area contributed by atoms with E-state index in [1.165, 1.54) is 12.1 Å². The molecular formula is C13H17ClO6S. The van der Waals surface area contributed by atoms with E-state index in [1.807, 2.05) is 0 Å². The molecular weight excluding hydrogens is 320 g/mol. The molecule has 1 rings (SSSR count). The van der Waals surface area contributed by atoms with Gasteiger partial charge in [-0.05, 0) is 25.1 Å². The second kappa shape index (κ2) is 8.21. The van der Waals surface area contributed by atoms with E-state index < -0.39 is 15.0 Å². The van der Waals surface area contributed by atoms with Crippen LogP contribution in [0.25, 0.3) is 0 Å². The van der Waals surface area contributed by atoms with Crippen LogP contribution in [0.1, 0.15) is 23.7 Å². The van der Waals surface area contributed by atoms with Crippen molar-refractivity contribution in [3.05, 3.63) is 23.8 Å². The lowest BCUT2D eigenvalue weighted by atomic mass is 10.2. The zero-order valence-corrected chi connectivity index (χ0v) is 13.4. The molecule has 0 atom stereocenters. The fourth-order valence-corrected chi connectivity index (χ4v) is 2.32. The van der Waals surface area contributed by atoms with Crippen molar-refractivity contribution in [1.29, 1.82) is 0 Å². The number of methoxy groups -OCH3 is 1. The number of ether oxygens (including phenoxy) is 3. The zero-order valence-electron chi connectivity index (χ0n) is 11.8. The van der Waals surface area contributed by atoms with Crippen LogP contribution in [0.2, 0.25) is 0 Å². The molecule has 1 aromatic rings. The van der Waals surface area contributed by atoms with E-state index in [4.69, 9.17) is 24.9 Å². The monoisotopic (exact) mass is 336 g/mol. The van der Waals surface area contributed by atoms with E-state index in [2.05, 4.69) is 0 Å². The largest absolute Gasteiger partial charge is 0.493 e. The summed E-state index contributed by atoms with van der Waals surface area (Å²) in [5.41, 5.74) is 0.0241. The van der Waals surface area contributed by atoms with Crippen molar-refractivity contribution < 1.29 is 27.4 Å². The number of carbonyl (C=O) groups excluding carboxylic acids is 1. The molecule has 0 aromatic heterocycles. The molecule has 0 fully saturated rings. The highest BCUT2D eigenvalue weighted by atomic mass is 35.7. The summed E-state index contributed by atoms with van der Waals surface area (Å²) in [7, 11) is 2.89. The first-order valence-corrected chi connectivity index (χ1v) is 8.58. The van der Waals surface area contributed by atoms with E-state index in [1.54, 1.807) is 14.0 Å². The average molecular weight is 337 g/mol. The fourth-order valence-electron chi connectivity index (χ4n) is 1.55. The van der Waals surface area contributed by atoms with E-state index in [0.717, 1.165) is 6.07 Å². The predicted molar refractivity (Wildman–Crippen MR) is 77.4 cm³/mol. The van der Waals surface area contributed by atoms with Crippen LogP contribution < -0.4 is 4.74 Å². The van der Waals surface area contributed by atoms with Gasteiger partial charge >= 0.3 is 5.97 Å². The molecule has 0 radical (unpaired) electrons. The summed E-state index contributed by atoms with van der Waals surface area (Å²) in [5, 5.41) is 0. The summed E-state index contributed by atoms with van der Waals surface area (Å²) in [6, 6.07) is 3.80. The summed E-state index contributed by atoms with van der Waals surface area (Å²) in [5.74, 6) is -0.421. The number of hydrogen-bond donors (Lipinski definition) is 0. The predicted octanol–water partition coefficient (Wildman–Crippen LogP) is 2.21. The third kappa shape index (κ3) is 5.53. The Kier molecular flexibility index (Phi) is 6.94. The minimum Gasteiger partial charge on any atom is -0.493 e. The van der Waals surface area contributed by atoms with Crippen LogP contribution in [-0.2, 0) is 18.5 Å². The van der Waals surface area contributed by atoms with E-state index in [0.29, 0.717) is 19.6 Å². The minimum absolute atomic E-state index is 0.0241. The molecule has 8 heteroatoms. The lowest BCUT2D eigenvalue weighted by Gasteiger charge is -2.11. The molecule has 0 spiro atoms. The highest BCUT2D eigenvalue weighted by Gasteiger charge is 2.19. The fraction of sp³-hybridized carbons (Fsp3) is 0.462. The van der Waals surface area contributed by atoms with Gasteiger partial charge in [-0.15, -0.1) is 0 Å². The van der Waals surface area contributed by atoms with Crippen LogP contribution in [-0.4, -0.2) is 41.3 Å². The molecule has 0 amide bonds. The molecule has 0 aliphatic heterocycles. The van der Waals surface area contributed by atoms with Gasteiger partial charge in [0.1, 0.15) is 11.3 Å². The van der Waals surface area contributed by atoms with Gasteiger partial charge in [0, 0.05) is 30.8 Å². The van der Waals surface area contributed by atoms with Crippen molar-refractivity contribution in [2.24, 2.45) is 0 Å². The molecule has 0 unspecified atom stereocenters. The SMILES string of the molecule is CCOc1ccc(S(=O)(=O)Cl)cc1C(=O)OCCCOC. The van der Waals surface area contributed by atoms with E-state index in [-0.39, 0.29) is 22.8 Å². The van der Waals surface area contributed by atoms with E-state index >= 15 is 0 Å². The Morgan fingerprint density at radius 3 is 2.57 bits per heavy atom. The molecule has 21 heavy (non-hydrogen) atoms. The van der Waals surface area contributed by atoms with Crippen molar-refractivity contribution in [1.82, 2.24) is 0 Å². The van der Waals surface area contributed by atoms with Crippen LogP contribution in [0.15, 0.2) is 23.1 Å². The number of benzene rings is 1. The first kappa shape index (κ1) is 17.7. The van der Waals surface area contributed by atoms with Crippen LogP contribution in [0.3, 0.4) is 0 Å². The molecule has 0 heterocycles. The van der Waals surface area contributed by atoms with Crippen molar-refractivity contribution in [3.8, 4) is 5.75 Å². The van der Waals surface area contributed by atoms with Gasteiger partial charge in [0.25, 0.3) is 9.05 Å². The summed E-state index contributed by atoms with van der Waals surface area (Å²) in [4.78, 5) is 11.8. The third-order valence-electron chi connectivity index (χ3n) is 2.48. The molecule has 118 valence electrons. The second-order valence-electron chi connectivity index (χ2n) is 4.01. The van der Waals surface area contributed by atoms with Crippen molar-refractivity contribution >= 4 is 25.7 Å². The Morgan fingerprint density at radius 1 is 1.29 bits per heavy atom. The van der Waals surface area contributed by atoms with Crippen LogP contribution in [0, 0.1) is 0 Å². The number of rotatable bonds is 8. The third-order valence-corrected chi connectivity index (χ3v) is 3.83. The molecule has 0 aliphatic rings. The number of carbonyl (C=O) groups is 1. The zero-order chi connectivity index (χ0) is 15.9. The number of esters is 1. The molecule has 0 saturated heterocycles. The van der Waals surface area contributed by atoms with Crippen LogP contribution in [0.4, 0.5) is 0 Å². The summed E-state index contributed by atoms with van der Waals surface area (Å²) < 4.78 is 37.8. The van der Waals surface area contributed by atoms with Crippen molar-refractivity contribution in [2.75, 3.05) is 26.9 Å². The molecule has 6 nitrogen and oxygen atoms in total. The van der Waals surface area contributed by atoms with Crippen molar-refractivity contribution in [3.63, 3.8) is 0 Å². The van der Waals surface area contributed by atoms with Gasteiger partial charge in [0.15, 0.2) is 0 Å². The molecule has 0 N–H and O–H groups in total. The first-order chi connectivity index (χ1) is 9.90. The Hall–Kier alpha value is -1.31. The van der Waals surface area contributed by atoms with Gasteiger partial charge in [0.2, 0.25) is 0 Å². The van der Waals surface area contributed by atoms with Gasteiger partial charge in [0.05, 0.1) is 18.1 Å². The molecule has 0 bridgehead atoms. The van der Waals surface area contributed by atoms with Gasteiger partial charge in [-0.3, -0.25) is 0 Å². The smallest absolute Gasteiger partial charge is 0.341 e. The summed E-state index contributed by atoms with van der Waals surface area (Å²) >= 11 is 0. The summed E-state index contributed by atoms with van der Waals surface area (Å²) in [6.45, 7) is 2.70. The second-order valence-corrected chi connectivity index (χ2v) is 6.58. The van der Waals surface area contributed by atoms with Gasteiger partial charge < -0.3 is 14.2 Å². The molecule has 0 aliphatic carbocycles. The minimum atomic E-state index is -3.93. The van der Waals surface area contributed by atoms with Gasteiger partial charge in [-0.2, -0.15) is 0 Å². The first-order valence-electron chi connectivity index (χ1n) is 6.27. The topological polar surface area (TPSA) is 78.9 Å². The van der Waals surface area contributed by atoms with Crippen molar-refractivity contribution in [2.45, 2.75) is 18.2 Å². The lowest BCUT2D eigenvalue weighted by Crippen LogP contribution is -2.11. The molecule has 1 aromatic carbocycles. The Morgan fingerprint density at radius 2 is 2.00 bits per heavy atom. The van der Waals surface area contributed by atoms with E-state index in [9.17, 15) is 13.2 Å². The Balaban J connectivity index is 2.97. The standard InChI is InChI=1S/C13H17ClO6S/c1-3-19-12-6-5-10(21(14,16)17)9-11(12)13(15)20-8-4-7-18-2/h5-6,9H,3-4,7-8H2,1-2H3. The lowest BCUT2D eigenvalue weighted by molar-refractivity contribution is 0.0464. The van der Waals surface area contributed by atoms with Gasteiger partial charge in [-0.25, -0.2) is 13.2 Å². The number of halogens is 1. The van der Waals surface area contributed by atoms with Crippen LogP contribution in [0.5, 0.6) is 5.75 Å². The maximum Gasteiger partial charge on any atom is 0.341 e. The normalized spacial score (nSPS) is 11.2.